The Morgan fingerprint density at radius 2 is 1.90 bits per heavy atom. The van der Waals surface area contributed by atoms with Crippen molar-refractivity contribution in [1.29, 1.82) is 0 Å². The van der Waals surface area contributed by atoms with E-state index >= 15 is 0 Å². The maximum absolute atomic E-state index is 4.98. The Hall–Kier alpha value is -2.16. The first-order valence-electron chi connectivity index (χ1n) is 10.7. The second-order valence-corrected chi connectivity index (χ2v) is 8.12. The van der Waals surface area contributed by atoms with Gasteiger partial charge in [0.25, 0.3) is 0 Å². The minimum Gasteiger partial charge on any atom is -0.356 e. The van der Waals surface area contributed by atoms with Crippen molar-refractivity contribution in [1.82, 2.24) is 19.9 Å². The molecule has 3 aromatic rings. The predicted molar refractivity (Wildman–Crippen MR) is 132 cm³/mol. The van der Waals surface area contributed by atoms with Crippen LogP contribution in [0.1, 0.15) is 44.0 Å². The Labute approximate surface area is 194 Å². The molecular weight excluding hydrogens is 487 g/mol. The Morgan fingerprint density at radius 3 is 2.73 bits per heavy atom. The third kappa shape index (κ3) is 3.68. The van der Waals surface area contributed by atoms with E-state index in [4.69, 9.17) is 4.99 Å². The highest BCUT2D eigenvalue weighted by atomic mass is 127. The van der Waals surface area contributed by atoms with Crippen LogP contribution in [-0.2, 0) is 11.8 Å². The van der Waals surface area contributed by atoms with E-state index in [0.717, 1.165) is 36.9 Å². The molecule has 6 nitrogen and oxygen atoms in total. The second kappa shape index (κ2) is 8.91. The van der Waals surface area contributed by atoms with E-state index in [9.17, 15) is 0 Å². The maximum atomic E-state index is 4.98. The van der Waals surface area contributed by atoms with Crippen LogP contribution in [-0.4, -0.2) is 40.2 Å². The topological polar surface area (TPSA) is 57.8 Å². The molecule has 30 heavy (non-hydrogen) atoms. The molecule has 158 valence electrons. The monoisotopic (exact) mass is 516 g/mol. The number of hydrogen-bond donors (Lipinski definition) is 1. The van der Waals surface area contributed by atoms with E-state index in [0.29, 0.717) is 12.0 Å². The summed E-state index contributed by atoms with van der Waals surface area (Å²) >= 11 is 0. The summed E-state index contributed by atoms with van der Waals surface area (Å²) in [5.41, 5.74) is 4.01. The van der Waals surface area contributed by atoms with Crippen molar-refractivity contribution >= 4 is 41.3 Å². The molecule has 1 saturated carbocycles. The van der Waals surface area contributed by atoms with Gasteiger partial charge in [-0.25, -0.2) is 0 Å². The van der Waals surface area contributed by atoms with Crippen LogP contribution in [0.15, 0.2) is 53.7 Å². The van der Waals surface area contributed by atoms with E-state index in [1.54, 1.807) is 0 Å². The first-order valence-corrected chi connectivity index (χ1v) is 10.7. The van der Waals surface area contributed by atoms with Crippen molar-refractivity contribution in [2.45, 2.75) is 44.4 Å². The van der Waals surface area contributed by atoms with Gasteiger partial charge >= 0.3 is 0 Å². The number of benzene rings is 1. The van der Waals surface area contributed by atoms with Gasteiger partial charge in [0.1, 0.15) is 5.82 Å². The minimum atomic E-state index is 0. The number of pyridine rings is 1. The van der Waals surface area contributed by atoms with Gasteiger partial charge in [0.2, 0.25) is 0 Å². The lowest BCUT2D eigenvalue weighted by molar-refractivity contribution is 0.478. The van der Waals surface area contributed by atoms with E-state index in [1.165, 1.54) is 36.9 Å². The van der Waals surface area contributed by atoms with E-state index in [1.807, 2.05) is 28.8 Å². The van der Waals surface area contributed by atoms with Crippen LogP contribution in [0.5, 0.6) is 0 Å². The Balaban J connectivity index is 0.00000218. The zero-order valence-electron chi connectivity index (χ0n) is 17.4. The lowest BCUT2D eigenvalue weighted by Crippen LogP contribution is -2.43. The summed E-state index contributed by atoms with van der Waals surface area (Å²) in [5, 5.41) is 12.1. The zero-order valence-corrected chi connectivity index (χ0v) is 19.8. The van der Waals surface area contributed by atoms with E-state index < -0.39 is 0 Å². The fraction of sp³-hybridized carbons (Fsp3) is 0.435. The van der Waals surface area contributed by atoms with Gasteiger partial charge in [0.15, 0.2) is 11.6 Å². The summed E-state index contributed by atoms with van der Waals surface area (Å²) in [4.78, 5) is 7.39. The van der Waals surface area contributed by atoms with Gasteiger partial charge < -0.3 is 10.2 Å². The van der Waals surface area contributed by atoms with Gasteiger partial charge in [-0.3, -0.25) is 9.39 Å². The van der Waals surface area contributed by atoms with Crippen LogP contribution in [0.25, 0.3) is 5.65 Å². The summed E-state index contributed by atoms with van der Waals surface area (Å²) in [6.45, 7) is 4.71. The number of aromatic nitrogens is 3. The number of hydrogen-bond acceptors (Lipinski definition) is 3. The molecule has 0 radical (unpaired) electrons. The van der Waals surface area contributed by atoms with Crippen molar-refractivity contribution in [3.63, 3.8) is 0 Å². The first-order chi connectivity index (χ1) is 14.3. The van der Waals surface area contributed by atoms with Gasteiger partial charge in [-0.05, 0) is 43.5 Å². The van der Waals surface area contributed by atoms with Crippen LogP contribution < -0.4 is 10.2 Å². The summed E-state index contributed by atoms with van der Waals surface area (Å²) < 4.78 is 2.04. The fourth-order valence-electron chi connectivity index (χ4n) is 5.02. The fourth-order valence-corrected chi connectivity index (χ4v) is 5.02. The van der Waals surface area contributed by atoms with Crippen molar-refractivity contribution in [3.8, 4) is 0 Å². The van der Waals surface area contributed by atoms with Gasteiger partial charge in [0.05, 0.1) is 0 Å². The number of rotatable bonds is 4. The summed E-state index contributed by atoms with van der Waals surface area (Å²) in [5.74, 6) is 1.94. The summed E-state index contributed by atoms with van der Waals surface area (Å²) in [6, 6.07) is 14.9. The van der Waals surface area contributed by atoms with Gasteiger partial charge in [-0.2, -0.15) is 0 Å². The number of fused-ring (bicyclic) bond motifs is 3. The number of guanidine groups is 1. The first kappa shape index (κ1) is 21.1. The van der Waals surface area contributed by atoms with Crippen molar-refractivity contribution in [2.24, 2.45) is 4.99 Å². The Morgan fingerprint density at radius 1 is 1.10 bits per heavy atom. The molecule has 0 unspecified atom stereocenters. The van der Waals surface area contributed by atoms with Gasteiger partial charge in [-0.1, -0.05) is 37.1 Å². The maximum Gasteiger partial charge on any atom is 0.198 e. The predicted octanol–water partition coefficient (Wildman–Crippen LogP) is 4.19. The second-order valence-electron chi connectivity index (χ2n) is 8.12. The molecule has 3 heterocycles. The highest BCUT2D eigenvalue weighted by molar-refractivity contribution is 14.0. The molecule has 1 aromatic carbocycles. The molecule has 1 spiro atoms. The average molecular weight is 516 g/mol. The van der Waals surface area contributed by atoms with Crippen LogP contribution >= 0.6 is 24.0 Å². The molecule has 2 aliphatic rings. The molecule has 0 amide bonds. The minimum absolute atomic E-state index is 0. The molecule has 0 atom stereocenters. The molecular formula is C23H29IN6. The largest absolute Gasteiger partial charge is 0.356 e. The standard InChI is InChI=1S/C23H28N6.HI/c1-2-24-22(25-15-12-21-27-26-20-11-5-8-16-28(20)21)29-17-23(13-6-7-14-23)18-9-3-4-10-19(18)29;/h3-5,8-11,16H,2,6-7,12-15,17H2,1H3,(H,24,25);1H. The van der Waals surface area contributed by atoms with Gasteiger partial charge in [0, 0.05) is 43.4 Å². The lowest BCUT2D eigenvalue weighted by atomic mass is 9.81. The highest BCUT2D eigenvalue weighted by Crippen LogP contribution is 2.50. The number of aliphatic imine (C=N–C) groups is 1. The molecule has 1 N–H and O–H groups in total. The Bertz CT molecular complexity index is 1040. The number of para-hydroxylation sites is 1. The summed E-state index contributed by atoms with van der Waals surface area (Å²) in [7, 11) is 0. The van der Waals surface area contributed by atoms with Crippen molar-refractivity contribution in [3.05, 3.63) is 60.0 Å². The van der Waals surface area contributed by atoms with Crippen LogP contribution in [0.3, 0.4) is 0 Å². The van der Waals surface area contributed by atoms with Crippen LogP contribution in [0.2, 0.25) is 0 Å². The Kier molecular flexibility index (Phi) is 6.26. The van der Waals surface area contributed by atoms with Gasteiger partial charge in [-0.15, -0.1) is 34.2 Å². The molecule has 1 aliphatic carbocycles. The molecule has 1 aliphatic heterocycles. The number of nitrogens with one attached hydrogen (secondary N) is 1. The molecule has 0 saturated heterocycles. The smallest absolute Gasteiger partial charge is 0.198 e. The SMILES string of the molecule is CCNC(=NCCc1nnc2ccccn12)N1CC2(CCCC2)c2ccccc21.I. The molecule has 7 heteroatoms. The van der Waals surface area contributed by atoms with Crippen molar-refractivity contribution < 1.29 is 0 Å². The molecule has 5 rings (SSSR count). The summed E-state index contributed by atoms with van der Waals surface area (Å²) in [6.07, 6.45) is 8.00. The van der Waals surface area contributed by atoms with Crippen molar-refractivity contribution in [2.75, 3.05) is 24.5 Å². The quantitative estimate of drug-likeness (QED) is 0.321. The number of nitrogens with zero attached hydrogens (tertiary/aromatic N) is 5. The number of halogens is 1. The normalized spacial score (nSPS) is 17.4. The lowest BCUT2D eigenvalue weighted by Gasteiger charge is -2.26. The van der Waals surface area contributed by atoms with Crippen LogP contribution in [0.4, 0.5) is 5.69 Å². The molecule has 0 bridgehead atoms. The average Bonchev–Trinajstić information content (AvgIpc) is 3.47. The van der Waals surface area contributed by atoms with Crippen LogP contribution in [0, 0.1) is 0 Å². The zero-order chi connectivity index (χ0) is 19.7. The third-order valence-electron chi connectivity index (χ3n) is 6.36. The molecule has 2 aromatic heterocycles. The highest BCUT2D eigenvalue weighted by Gasteiger charge is 2.45. The van der Waals surface area contributed by atoms with E-state index in [2.05, 4.69) is 51.6 Å². The number of anilines is 1. The third-order valence-corrected chi connectivity index (χ3v) is 6.36. The van der Waals surface area contributed by atoms with E-state index in [-0.39, 0.29) is 24.0 Å². The molecule has 1 fully saturated rings.